The first-order valence-corrected chi connectivity index (χ1v) is 6.55. The molecule has 0 aliphatic rings. The van der Waals surface area contributed by atoms with Crippen molar-refractivity contribution >= 4 is 16.7 Å². The van der Waals surface area contributed by atoms with Crippen molar-refractivity contribution < 1.29 is 9.00 Å². The van der Waals surface area contributed by atoms with E-state index < -0.39 is 10.8 Å². The van der Waals surface area contributed by atoms with Crippen LogP contribution >= 0.6 is 0 Å². The monoisotopic (exact) mass is 230 g/mol. The molecule has 0 spiro atoms. The van der Waals surface area contributed by atoms with Gasteiger partial charge in [0, 0.05) is 22.8 Å². The van der Waals surface area contributed by atoms with Crippen LogP contribution in [0.5, 0.6) is 0 Å². The van der Waals surface area contributed by atoms with E-state index in [1.54, 1.807) is 13.2 Å². The van der Waals surface area contributed by atoms with E-state index in [4.69, 9.17) is 6.42 Å². The molecule has 0 radical (unpaired) electrons. The molecule has 0 bridgehead atoms. The zero-order valence-corrected chi connectivity index (χ0v) is 10.0. The molecule has 1 amide bonds. The van der Waals surface area contributed by atoms with E-state index in [0.717, 1.165) is 6.42 Å². The minimum absolute atomic E-state index is 0.106. The average molecular weight is 230 g/mol. The van der Waals surface area contributed by atoms with Crippen LogP contribution in [0, 0.1) is 12.3 Å². The maximum Gasteiger partial charge on any atom is 0.237 e. The van der Waals surface area contributed by atoms with E-state index in [1.807, 2.05) is 0 Å². The second-order valence-electron chi connectivity index (χ2n) is 3.23. The molecule has 0 saturated carbocycles. The molecule has 15 heavy (non-hydrogen) atoms. The number of rotatable bonds is 7. The lowest BCUT2D eigenvalue weighted by Crippen LogP contribution is -2.42. The zero-order chi connectivity index (χ0) is 11.7. The van der Waals surface area contributed by atoms with Gasteiger partial charge in [-0.3, -0.25) is 9.00 Å². The Morgan fingerprint density at radius 3 is 2.80 bits per heavy atom. The summed E-state index contributed by atoms with van der Waals surface area (Å²) in [4.78, 5) is 11.3. The summed E-state index contributed by atoms with van der Waals surface area (Å²) in [5, 5.41) is 5.62. The summed E-state index contributed by atoms with van der Waals surface area (Å²) in [6.45, 7) is 2.71. The molecule has 4 nitrogen and oxygen atoms in total. The first-order valence-electron chi connectivity index (χ1n) is 4.82. The van der Waals surface area contributed by atoms with Crippen molar-refractivity contribution in [3.8, 4) is 12.3 Å². The second kappa shape index (κ2) is 8.45. The quantitative estimate of drug-likeness (QED) is 0.457. The van der Waals surface area contributed by atoms with Gasteiger partial charge in [0.05, 0.1) is 12.6 Å². The van der Waals surface area contributed by atoms with Crippen LogP contribution in [0.4, 0.5) is 0 Å². The van der Waals surface area contributed by atoms with Crippen LogP contribution in [0.15, 0.2) is 0 Å². The van der Waals surface area contributed by atoms with Gasteiger partial charge in [-0.15, -0.1) is 6.42 Å². The SMILES string of the molecule is C#CCNC(=O)C(C)NCCCS(C)=O. The zero-order valence-electron chi connectivity index (χ0n) is 9.21. The summed E-state index contributed by atoms with van der Waals surface area (Å²) in [6.07, 6.45) is 7.48. The number of hydrogen-bond donors (Lipinski definition) is 2. The Kier molecular flexibility index (Phi) is 7.96. The molecule has 2 atom stereocenters. The summed E-state index contributed by atoms with van der Waals surface area (Å²) in [5.74, 6) is 2.89. The first kappa shape index (κ1) is 14.1. The molecule has 5 heteroatoms. The fraction of sp³-hybridized carbons (Fsp3) is 0.700. The van der Waals surface area contributed by atoms with E-state index in [-0.39, 0.29) is 18.5 Å². The topological polar surface area (TPSA) is 58.2 Å². The highest BCUT2D eigenvalue weighted by Gasteiger charge is 2.09. The Labute approximate surface area is 93.7 Å². The van der Waals surface area contributed by atoms with Crippen molar-refractivity contribution in [3.63, 3.8) is 0 Å². The average Bonchev–Trinajstić information content (AvgIpc) is 2.20. The Hall–Kier alpha value is -0.860. The van der Waals surface area contributed by atoms with Gasteiger partial charge in [0.15, 0.2) is 0 Å². The highest BCUT2D eigenvalue weighted by Crippen LogP contribution is 1.85. The summed E-state index contributed by atoms with van der Waals surface area (Å²) < 4.78 is 10.7. The highest BCUT2D eigenvalue weighted by molar-refractivity contribution is 7.84. The van der Waals surface area contributed by atoms with Gasteiger partial charge in [-0.1, -0.05) is 5.92 Å². The minimum Gasteiger partial charge on any atom is -0.344 e. The predicted octanol–water partition coefficient (Wildman–Crippen LogP) is -0.517. The number of hydrogen-bond acceptors (Lipinski definition) is 3. The molecule has 0 rings (SSSR count). The molecular formula is C10H18N2O2S. The number of carbonyl (C=O) groups is 1. The van der Waals surface area contributed by atoms with Gasteiger partial charge in [0.1, 0.15) is 0 Å². The molecule has 0 aromatic heterocycles. The summed E-state index contributed by atoms with van der Waals surface area (Å²) >= 11 is 0. The first-order chi connectivity index (χ1) is 7.07. The van der Waals surface area contributed by atoms with E-state index in [2.05, 4.69) is 16.6 Å². The molecule has 86 valence electrons. The van der Waals surface area contributed by atoms with Crippen molar-refractivity contribution in [1.29, 1.82) is 0 Å². The van der Waals surface area contributed by atoms with E-state index in [0.29, 0.717) is 12.3 Å². The van der Waals surface area contributed by atoms with Crippen molar-refractivity contribution in [2.45, 2.75) is 19.4 Å². The van der Waals surface area contributed by atoms with Crippen LogP contribution in [0.25, 0.3) is 0 Å². The molecule has 0 aromatic rings. The van der Waals surface area contributed by atoms with Gasteiger partial charge in [-0.05, 0) is 19.9 Å². The maximum absolute atomic E-state index is 11.3. The summed E-state index contributed by atoms with van der Waals surface area (Å²) in [7, 11) is -0.763. The number of nitrogens with one attached hydrogen (secondary N) is 2. The largest absolute Gasteiger partial charge is 0.344 e. The number of amides is 1. The Balaban J connectivity index is 3.56. The molecule has 0 aliphatic heterocycles. The van der Waals surface area contributed by atoms with Crippen molar-refractivity contribution in [2.24, 2.45) is 0 Å². The fourth-order valence-corrected chi connectivity index (χ4v) is 1.53. The molecule has 2 N–H and O–H groups in total. The van der Waals surface area contributed by atoms with Crippen molar-refractivity contribution in [3.05, 3.63) is 0 Å². The van der Waals surface area contributed by atoms with Gasteiger partial charge in [0.25, 0.3) is 0 Å². The summed E-state index contributed by atoms with van der Waals surface area (Å²) in [5.41, 5.74) is 0. The van der Waals surface area contributed by atoms with Gasteiger partial charge >= 0.3 is 0 Å². The number of terminal acetylenes is 1. The van der Waals surface area contributed by atoms with E-state index >= 15 is 0 Å². The Bertz CT molecular complexity index is 261. The van der Waals surface area contributed by atoms with Gasteiger partial charge in [-0.25, -0.2) is 0 Å². The minimum atomic E-state index is -0.763. The second-order valence-corrected chi connectivity index (χ2v) is 4.78. The normalized spacial score (nSPS) is 13.9. The highest BCUT2D eigenvalue weighted by atomic mass is 32.2. The van der Waals surface area contributed by atoms with E-state index in [1.165, 1.54) is 0 Å². The fourth-order valence-electron chi connectivity index (χ4n) is 0.978. The summed E-state index contributed by atoms with van der Waals surface area (Å²) in [6, 6.07) is -0.261. The third kappa shape index (κ3) is 8.16. The van der Waals surface area contributed by atoms with Crippen LogP contribution in [-0.2, 0) is 15.6 Å². The van der Waals surface area contributed by atoms with Gasteiger partial charge < -0.3 is 10.6 Å². The molecule has 2 unspecified atom stereocenters. The van der Waals surface area contributed by atoms with Gasteiger partial charge in [-0.2, -0.15) is 0 Å². The molecule has 0 aromatic carbocycles. The third-order valence-corrected chi connectivity index (χ3v) is 2.68. The van der Waals surface area contributed by atoms with Gasteiger partial charge in [0.2, 0.25) is 5.91 Å². The van der Waals surface area contributed by atoms with Crippen LogP contribution < -0.4 is 10.6 Å². The van der Waals surface area contributed by atoms with E-state index in [9.17, 15) is 9.00 Å². The lowest BCUT2D eigenvalue weighted by Gasteiger charge is -2.12. The van der Waals surface area contributed by atoms with Crippen LogP contribution in [0.1, 0.15) is 13.3 Å². The lowest BCUT2D eigenvalue weighted by molar-refractivity contribution is -0.122. The smallest absolute Gasteiger partial charge is 0.237 e. The molecular weight excluding hydrogens is 212 g/mol. The molecule has 0 fully saturated rings. The number of carbonyl (C=O) groups excluding carboxylic acids is 1. The lowest BCUT2D eigenvalue weighted by atomic mass is 10.3. The van der Waals surface area contributed by atoms with Crippen LogP contribution in [0.3, 0.4) is 0 Å². The van der Waals surface area contributed by atoms with Crippen molar-refractivity contribution in [2.75, 3.05) is 25.1 Å². The van der Waals surface area contributed by atoms with Crippen molar-refractivity contribution in [1.82, 2.24) is 10.6 Å². The Morgan fingerprint density at radius 1 is 1.60 bits per heavy atom. The standard InChI is InChI=1S/C10H18N2O2S/c1-4-6-12-10(13)9(2)11-7-5-8-15(3)14/h1,9,11H,5-8H2,2-3H3,(H,12,13). The van der Waals surface area contributed by atoms with Crippen LogP contribution in [-0.4, -0.2) is 41.3 Å². The third-order valence-electron chi connectivity index (χ3n) is 1.82. The molecule has 0 aliphatic carbocycles. The maximum atomic E-state index is 11.3. The molecule has 0 heterocycles. The predicted molar refractivity (Wildman–Crippen MR) is 62.9 cm³/mol. The molecule has 0 saturated heterocycles. The van der Waals surface area contributed by atoms with Crippen LogP contribution in [0.2, 0.25) is 0 Å². The Morgan fingerprint density at radius 2 is 2.27 bits per heavy atom.